The number of amides is 3. The van der Waals surface area contributed by atoms with Crippen molar-refractivity contribution in [2.24, 2.45) is 11.8 Å². The first-order chi connectivity index (χ1) is 34.2. The van der Waals surface area contributed by atoms with Gasteiger partial charge in [0.25, 0.3) is 0 Å². The monoisotopic (exact) mass is 1010 g/mol. The van der Waals surface area contributed by atoms with Crippen molar-refractivity contribution in [1.29, 1.82) is 0 Å². The number of carbonyl (C=O) groups excluding carboxylic acids is 5. The number of anilines is 1. The standard InChI is InChI=1S/C55H71N7O11/c1-32(2)39(60-49(65)71-52(5,6)7)47(63)69-44-38(30-68-55(34-23-17-14-18-24-34,35-25-19-15-20-26-35)36-27-21-16-22-28-36)62(51(67)73-54(11,12)13)43(37-29-57-42-41(37)58-31-59-46(42)56)45(44)70-48(64)40(33(3)4)61-50(66)72-53(8,9)10/h14-29,31-33,38-40,43-45,57H,30H2,1-13H3,(H,60,65)(H,61,66)(H2,56,58,59)/t38-,39?,40?,43+,44-,45+/m1/s1. The molecule has 2 unspecified atom stereocenters. The van der Waals surface area contributed by atoms with Crippen LogP contribution in [-0.4, -0.2) is 104 Å². The molecule has 6 rings (SSSR count). The van der Waals surface area contributed by atoms with Crippen molar-refractivity contribution in [3.8, 4) is 0 Å². The molecular weight excluding hydrogens is 935 g/mol. The van der Waals surface area contributed by atoms with Gasteiger partial charge in [0.2, 0.25) is 0 Å². The van der Waals surface area contributed by atoms with Gasteiger partial charge in [-0.05, 0) is 90.8 Å². The summed E-state index contributed by atoms with van der Waals surface area (Å²) in [5.74, 6) is -2.96. The van der Waals surface area contributed by atoms with E-state index in [1.165, 1.54) is 11.2 Å². The van der Waals surface area contributed by atoms with E-state index >= 15 is 9.59 Å². The predicted molar refractivity (Wildman–Crippen MR) is 274 cm³/mol. The largest absolute Gasteiger partial charge is 0.454 e. The van der Waals surface area contributed by atoms with Gasteiger partial charge in [-0.3, -0.25) is 4.90 Å². The van der Waals surface area contributed by atoms with Crippen LogP contribution in [0, 0.1) is 11.8 Å². The number of aromatic amines is 1. The van der Waals surface area contributed by atoms with Crippen molar-refractivity contribution in [3.63, 3.8) is 0 Å². The number of nitrogens with zero attached hydrogens (tertiary/aromatic N) is 3. The number of hydrogen-bond acceptors (Lipinski definition) is 14. The maximum atomic E-state index is 15.4. The molecule has 1 aliphatic rings. The van der Waals surface area contributed by atoms with Gasteiger partial charge in [-0.2, -0.15) is 0 Å². The molecule has 5 N–H and O–H groups in total. The van der Waals surface area contributed by atoms with E-state index in [1.54, 1.807) is 96.2 Å². The normalized spacial score (nSPS) is 18.2. The number of nitrogens with two attached hydrogens (primary N) is 1. The van der Waals surface area contributed by atoms with E-state index in [-0.39, 0.29) is 16.9 Å². The van der Waals surface area contributed by atoms with E-state index in [9.17, 15) is 14.4 Å². The topological polar surface area (TPSA) is 236 Å². The summed E-state index contributed by atoms with van der Waals surface area (Å²) in [6, 6.07) is 23.2. The van der Waals surface area contributed by atoms with Gasteiger partial charge in [-0.15, -0.1) is 0 Å². The van der Waals surface area contributed by atoms with Gasteiger partial charge >= 0.3 is 30.2 Å². The van der Waals surface area contributed by atoms with Crippen molar-refractivity contribution in [1.82, 2.24) is 30.5 Å². The number of ether oxygens (including phenoxy) is 6. The lowest BCUT2D eigenvalue weighted by molar-refractivity contribution is -0.172. The minimum absolute atomic E-state index is 0.0854. The number of nitrogens with one attached hydrogen (secondary N) is 3. The molecule has 1 fully saturated rings. The molecule has 6 atom stereocenters. The van der Waals surface area contributed by atoms with E-state index in [4.69, 9.17) is 34.2 Å². The van der Waals surface area contributed by atoms with Crippen LogP contribution in [0.1, 0.15) is 118 Å². The molecule has 392 valence electrons. The van der Waals surface area contributed by atoms with Crippen molar-refractivity contribution in [3.05, 3.63) is 126 Å². The van der Waals surface area contributed by atoms with Crippen LogP contribution in [0.4, 0.5) is 20.2 Å². The van der Waals surface area contributed by atoms with E-state index in [2.05, 4.69) is 25.6 Å². The molecule has 1 saturated heterocycles. The lowest BCUT2D eigenvalue weighted by Crippen LogP contribution is -2.53. The van der Waals surface area contributed by atoms with Crippen LogP contribution >= 0.6 is 0 Å². The molecular formula is C55H71N7O11. The molecule has 0 bridgehead atoms. The maximum Gasteiger partial charge on any atom is 0.411 e. The lowest BCUT2D eigenvalue weighted by Gasteiger charge is -2.39. The van der Waals surface area contributed by atoms with E-state index in [0.717, 1.165) is 16.7 Å². The number of rotatable bonds is 15. The molecule has 2 aromatic heterocycles. The lowest BCUT2D eigenvalue weighted by atomic mass is 9.80. The van der Waals surface area contributed by atoms with Crippen molar-refractivity contribution < 1.29 is 52.4 Å². The average molecular weight is 1010 g/mol. The minimum atomic E-state index is -1.61. The number of fused-ring (bicyclic) bond motifs is 1. The summed E-state index contributed by atoms with van der Waals surface area (Å²) in [5, 5.41) is 5.33. The molecule has 3 amide bonds. The number of nitrogen functional groups attached to an aromatic ring is 1. The average Bonchev–Trinajstić information content (AvgIpc) is 3.86. The summed E-state index contributed by atoms with van der Waals surface area (Å²) >= 11 is 0. The van der Waals surface area contributed by atoms with Crippen molar-refractivity contribution >= 4 is 47.1 Å². The molecule has 18 heteroatoms. The molecule has 3 aromatic carbocycles. The van der Waals surface area contributed by atoms with Gasteiger partial charge in [0.05, 0.1) is 12.1 Å². The highest BCUT2D eigenvalue weighted by molar-refractivity contribution is 5.89. The van der Waals surface area contributed by atoms with E-state index in [1.807, 2.05) is 91.0 Å². The number of alkyl carbamates (subject to hydrolysis) is 2. The van der Waals surface area contributed by atoms with Gasteiger partial charge in [0, 0.05) is 11.8 Å². The Morgan fingerprint density at radius 2 is 1.05 bits per heavy atom. The molecule has 73 heavy (non-hydrogen) atoms. The molecule has 5 aromatic rings. The molecule has 3 heterocycles. The third-order valence-electron chi connectivity index (χ3n) is 11.8. The van der Waals surface area contributed by atoms with Gasteiger partial charge < -0.3 is 49.8 Å². The molecule has 18 nitrogen and oxygen atoms in total. The number of H-pyrrole nitrogens is 1. The van der Waals surface area contributed by atoms with Crippen LogP contribution in [0.3, 0.4) is 0 Å². The second-order valence-electron chi connectivity index (χ2n) is 21.8. The molecule has 0 saturated carbocycles. The van der Waals surface area contributed by atoms with Crippen LogP contribution < -0.4 is 16.4 Å². The van der Waals surface area contributed by atoms with E-state index in [0.29, 0.717) is 5.52 Å². The van der Waals surface area contributed by atoms with Gasteiger partial charge in [-0.25, -0.2) is 33.9 Å². The fourth-order valence-electron chi connectivity index (χ4n) is 8.73. The zero-order chi connectivity index (χ0) is 53.6. The Labute approximate surface area is 427 Å². The minimum Gasteiger partial charge on any atom is -0.454 e. The fourth-order valence-corrected chi connectivity index (χ4v) is 8.73. The highest BCUT2D eigenvalue weighted by Gasteiger charge is 2.59. The number of esters is 2. The molecule has 1 aliphatic heterocycles. The summed E-state index contributed by atoms with van der Waals surface area (Å²) in [6.45, 7) is 21.7. The SMILES string of the molecule is CC(C)C(NC(=O)OC(C)(C)C)C(=O)O[C@@H]1[C@H](OC(=O)C(NC(=O)OC(C)(C)C)C(C)C)[C@@H](COC(c2ccccc2)(c2ccccc2)c2ccccc2)N(C(=O)OC(C)(C)C)[C@H]1c1c[nH]c2c(N)ncnc12. The number of carbonyl (C=O) groups is 5. The smallest absolute Gasteiger partial charge is 0.411 e. The highest BCUT2D eigenvalue weighted by Crippen LogP contribution is 2.47. The Balaban J connectivity index is 1.63. The quantitative estimate of drug-likeness (QED) is 0.0435. The van der Waals surface area contributed by atoms with Crippen molar-refractivity contribution in [2.45, 2.75) is 149 Å². The van der Waals surface area contributed by atoms with Gasteiger partial charge in [-0.1, -0.05) is 119 Å². The van der Waals surface area contributed by atoms with Crippen LogP contribution in [0.5, 0.6) is 0 Å². The Morgan fingerprint density at radius 3 is 1.47 bits per heavy atom. The Kier molecular flexibility index (Phi) is 16.8. The Hall–Kier alpha value is -7.21. The third-order valence-corrected chi connectivity index (χ3v) is 11.8. The fraction of sp³-hybridized carbons (Fsp3) is 0.473. The first-order valence-electron chi connectivity index (χ1n) is 24.5. The van der Waals surface area contributed by atoms with Crippen molar-refractivity contribution in [2.75, 3.05) is 12.3 Å². The number of likely N-dealkylation sites (tertiary alicyclic amines) is 1. The molecule has 0 aliphatic carbocycles. The Morgan fingerprint density at radius 1 is 0.630 bits per heavy atom. The molecule has 0 radical (unpaired) electrons. The zero-order valence-corrected chi connectivity index (χ0v) is 44.1. The zero-order valence-electron chi connectivity index (χ0n) is 44.1. The molecule has 0 spiro atoms. The van der Waals surface area contributed by atoms with Gasteiger partial charge in [0.1, 0.15) is 58.4 Å². The summed E-state index contributed by atoms with van der Waals surface area (Å²) < 4.78 is 38.0. The Bertz CT molecular complexity index is 2600. The maximum absolute atomic E-state index is 15.4. The second kappa shape index (κ2) is 22.3. The first kappa shape index (κ1) is 55.1. The summed E-state index contributed by atoms with van der Waals surface area (Å²) in [6.07, 6.45) is -3.06. The second-order valence-corrected chi connectivity index (χ2v) is 21.8. The number of benzene rings is 3. The summed E-state index contributed by atoms with van der Waals surface area (Å²) in [7, 11) is 0. The summed E-state index contributed by atoms with van der Waals surface area (Å²) in [4.78, 5) is 85.3. The van der Waals surface area contributed by atoms with Crippen LogP contribution in [0.15, 0.2) is 104 Å². The van der Waals surface area contributed by atoms with Crippen LogP contribution in [0.2, 0.25) is 0 Å². The van der Waals surface area contributed by atoms with Crippen LogP contribution in [0.25, 0.3) is 11.0 Å². The van der Waals surface area contributed by atoms with Gasteiger partial charge in [0.15, 0.2) is 18.0 Å². The van der Waals surface area contributed by atoms with Crippen LogP contribution in [-0.2, 0) is 43.6 Å². The first-order valence-corrected chi connectivity index (χ1v) is 24.5. The highest BCUT2D eigenvalue weighted by atomic mass is 16.6. The third kappa shape index (κ3) is 13.3. The number of hydrogen-bond donors (Lipinski definition) is 4. The summed E-state index contributed by atoms with van der Waals surface area (Å²) in [5.41, 5.74) is 5.09. The predicted octanol–water partition coefficient (Wildman–Crippen LogP) is 9.13. The number of aromatic nitrogens is 3. The van der Waals surface area contributed by atoms with E-state index < -0.39 is 107 Å².